The number of rotatable bonds is 12. The lowest BCUT2D eigenvalue weighted by Gasteiger charge is -2.17. The lowest BCUT2D eigenvalue weighted by atomic mass is 9.88. The van der Waals surface area contributed by atoms with Crippen molar-refractivity contribution < 1.29 is 26.9 Å². The highest BCUT2D eigenvalue weighted by Crippen LogP contribution is 2.27. The molecule has 0 saturated carbocycles. The Balaban J connectivity index is 0.000000185. The fraction of sp³-hybridized carbons (Fsp3) is 0.353. The predicted molar refractivity (Wildman–Crippen MR) is 382 cm³/mol. The van der Waals surface area contributed by atoms with Crippen LogP contribution in [0.15, 0.2) is 207 Å². The molecule has 90 heavy (non-hydrogen) atoms. The lowest BCUT2D eigenvalue weighted by Crippen LogP contribution is -2.32. The van der Waals surface area contributed by atoms with Gasteiger partial charge in [0.1, 0.15) is 35.2 Å². The van der Waals surface area contributed by atoms with Crippen molar-refractivity contribution in [3.63, 3.8) is 0 Å². The number of benzene rings is 5. The monoisotopic (exact) mass is 1200 g/mol. The molecule has 0 N–H and O–H groups in total. The van der Waals surface area contributed by atoms with Gasteiger partial charge in [-0.15, -0.1) is 0 Å². The van der Waals surface area contributed by atoms with Gasteiger partial charge in [-0.2, -0.15) is 0 Å². The zero-order chi connectivity index (χ0) is 68.7. The van der Waals surface area contributed by atoms with Crippen LogP contribution < -0.4 is 22.8 Å². The van der Waals surface area contributed by atoms with E-state index < -0.39 is 12.3 Å². The van der Waals surface area contributed by atoms with Crippen molar-refractivity contribution in [1.82, 2.24) is 0 Å². The van der Waals surface area contributed by atoms with Gasteiger partial charge < -0.3 is 0 Å². The molecular weight excluding hydrogens is 1090 g/mol. The largest absolute Gasteiger partial charge is 0.212 e. The molecule has 0 amide bonds. The third kappa shape index (κ3) is 20.4. The number of hydrogen-bond donors (Lipinski definition) is 0. The van der Waals surface area contributed by atoms with Crippen molar-refractivity contribution in [3.05, 3.63) is 268 Å². The standard InChI is InChI=1S/2C18H24N.C17H22N.2C16H20N/c1-13(2)11-16-9-10-18(19(5)12-16)17-8-6-7-14(3)15(17)4;1-14-8-6-7-9-16(14)17-11-10-15(13-19(17)5)12-18(2,3)4;1-13(2)11-15-9-10-17(18(4)12-15)16-8-6-5-7-14(16)3;2*1-12(2)14-9-10-16(17(4)11-14)15-8-6-5-7-13(15)3/h6-10,12-13H,11H2,1-5H3;6-11,13H,12H2,1-5H3;5-10,12-13H,11H2,1-4H3;2*5-12H,1-4H3/q5*+1/i11D2;;;12D;. The quantitative estimate of drug-likeness (QED) is 0.109. The molecule has 5 nitrogen and oxygen atoms in total. The van der Waals surface area contributed by atoms with Gasteiger partial charge in [-0.3, -0.25) is 0 Å². The molecule has 470 valence electrons. The first kappa shape index (κ1) is 66.3. The van der Waals surface area contributed by atoms with Crippen molar-refractivity contribution in [2.45, 2.75) is 149 Å². The van der Waals surface area contributed by atoms with Crippen molar-refractivity contribution in [3.8, 4) is 56.3 Å². The molecule has 0 fully saturated rings. The summed E-state index contributed by atoms with van der Waals surface area (Å²) in [6.45, 7) is 36.3. The Hall–Kier alpha value is -8.15. The number of pyridine rings is 5. The predicted octanol–water partition coefficient (Wildman–Crippen LogP) is 19.0. The molecule has 5 heteroatoms. The number of nitrogens with zero attached hydrogens (tertiary/aromatic N) is 5. The molecule has 0 unspecified atom stereocenters. The first-order chi connectivity index (χ1) is 43.7. The first-order valence-electron chi connectivity index (χ1n) is 34.0. The maximum Gasteiger partial charge on any atom is 0.212 e. The van der Waals surface area contributed by atoms with E-state index >= 15 is 0 Å². The van der Waals surface area contributed by atoms with Crippen LogP contribution in [0.2, 0.25) is 0 Å². The van der Waals surface area contributed by atoms with E-state index in [0.29, 0.717) is 17.3 Å². The molecule has 5 aromatic heterocycles. The molecule has 5 heterocycles. The van der Waals surface area contributed by atoms with Crippen LogP contribution >= 0.6 is 0 Å². The molecule has 5 aromatic carbocycles. The van der Waals surface area contributed by atoms with Crippen LogP contribution in [0.4, 0.5) is 0 Å². The van der Waals surface area contributed by atoms with E-state index in [1.54, 1.807) is 0 Å². The van der Waals surface area contributed by atoms with E-state index in [1.807, 2.05) is 64.7 Å². The number of hydrogen-bond acceptors (Lipinski definition) is 0. The second kappa shape index (κ2) is 33.1. The van der Waals surface area contributed by atoms with Gasteiger partial charge in [0.2, 0.25) is 28.5 Å². The maximum atomic E-state index is 8.22. The van der Waals surface area contributed by atoms with E-state index in [-0.39, 0.29) is 5.92 Å². The zero-order valence-electron chi connectivity index (χ0n) is 62.0. The second-order valence-corrected chi connectivity index (χ2v) is 27.1. The normalized spacial score (nSPS) is 11.9. The van der Waals surface area contributed by atoms with Crippen molar-refractivity contribution in [2.24, 2.45) is 52.5 Å². The summed E-state index contributed by atoms with van der Waals surface area (Å²) in [5, 5.41) is 0. The van der Waals surface area contributed by atoms with Crippen LogP contribution in [0.1, 0.15) is 153 Å². The van der Waals surface area contributed by atoms with Crippen molar-refractivity contribution in [2.75, 3.05) is 0 Å². The Morgan fingerprint density at radius 2 is 0.667 bits per heavy atom. The third-order valence-corrected chi connectivity index (χ3v) is 16.5. The average molecular weight is 1200 g/mol. The molecule has 0 aliphatic rings. The summed E-state index contributed by atoms with van der Waals surface area (Å²) in [5.74, 6) is 0.674. The minimum absolute atomic E-state index is 0.0518. The summed E-state index contributed by atoms with van der Waals surface area (Å²) in [7, 11) is 10.4. The van der Waals surface area contributed by atoms with Crippen LogP contribution in [0.3, 0.4) is 0 Å². The van der Waals surface area contributed by atoms with Gasteiger partial charge >= 0.3 is 0 Å². The SMILES string of the molecule is Cc1ccccc1-c1ccc(C(C)C)c[n+]1C.Cc1ccccc1-c1ccc(CC(C)(C)C)c[n+]1C.Cc1ccccc1-c1ccc(CC(C)C)c[n+]1C.[2H]C(C)(C)c1ccc(-c2ccccc2C)[n+](C)c1.[2H]C([2H])(c1ccc(-c2cccc(C)c2C)[n+](C)c1)C(C)C. The highest BCUT2D eigenvalue weighted by atomic mass is 14.9. The van der Waals surface area contributed by atoms with E-state index in [1.165, 1.54) is 101 Å². The summed E-state index contributed by atoms with van der Waals surface area (Å²) >= 11 is 0. The maximum absolute atomic E-state index is 8.22. The Labute approximate surface area is 549 Å². The van der Waals surface area contributed by atoms with E-state index in [9.17, 15) is 0 Å². The van der Waals surface area contributed by atoms with Gasteiger partial charge in [0.05, 0.1) is 0 Å². The van der Waals surface area contributed by atoms with Crippen LogP contribution in [0.25, 0.3) is 56.3 Å². The van der Waals surface area contributed by atoms with Crippen molar-refractivity contribution in [1.29, 1.82) is 0 Å². The topological polar surface area (TPSA) is 19.4 Å². The van der Waals surface area contributed by atoms with Gasteiger partial charge in [-0.25, -0.2) is 22.8 Å². The first-order valence-corrected chi connectivity index (χ1v) is 32.5. The lowest BCUT2D eigenvalue weighted by molar-refractivity contribution is -0.661. The highest BCUT2D eigenvalue weighted by Gasteiger charge is 2.20. The highest BCUT2D eigenvalue weighted by molar-refractivity contribution is 5.64. The summed E-state index contributed by atoms with van der Waals surface area (Å²) in [5.41, 5.74) is 26.6. The molecule has 0 aliphatic carbocycles. The van der Waals surface area contributed by atoms with Crippen LogP contribution in [0.5, 0.6) is 0 Å². The Morgan fingerprint density at radius 1 is 0.344 bits per heavy atom. The molecular formula is C85H110N5+5. The van der Waals surface area contributed by atoms with Gasteiger partial charge in [0.15, 0.2) is 31.0 Å². The Morgan fingerprint density at radius 3 is 1.03 bits per heavy atom. The molecule has 0 spiro atoms. The number of aromatic nitrogens is 5. The third-order valence-electron chi connectivity index (χ3n) is 16.5. The van der Waals surface area contributed by atoms with Gasteiger partial charge in [0.25, 0.3) is 0 Å². The molecule has 0 atom stereocenters. The minimum Gasteiger partial charge on any atom is -0.201 e. The molecule has 0 aliphatic heterocycles. The summed E-state index contributed by atoms with van der Waals surface area (Å²) < 4.78 is 35.3. The summed E-state index contributed by atoms with van der Waals surface area (Å²) in [6.07, 6.45) is 11.6. The molecule has 10 rings (SSSR count). The fourth-order valence-corrected chi connectivity index (χ4v) is 11.4. The van der Waals surface area contributed by atoms with Gasteiger partial charge in [-0.1, -0.05) is 161 Å². The fourth-order valence-electron chi connectivity index (χ4n) is 11.4. The molecule has 10 aromatic rings. The van der Waals surface area contributed by atoms with Crippen LogP contribution in [0, 0.1) is 58.8 Å². The van der Waals surface area contributed by atoms with E-state index in [0.717, 1.165) is 29.7 Å². The van der Waals surface area contributed by atoms with Gasteiger partial charge in [-0.05, 0) is 184 Å². The summed E-state index contributed by atoms with van der Waals surface area (Å²) in [6, 6.07) is 61.8. The molecule has 0 bridgehead atoms. The molecule has 0 radical (unpaired) electrons. The van der Waals surface area contributed by atoms with Crippen LogP contribution in [-0.4, -0.2) is 0 Å². The Bertz CT molecular complexity index is 4100. The van der Waals surface area contributed by atoms with Crippen LogP contribution in [-0.2, 0) is 54.5 Å². The molecule has 0 saturated heterocycles. The van der Waals surface area contributed by atoms with Gasteiger partial charge in [0, 0.05) is 90.1 Å². The second-order valence-electron chi connectivity index (χ2n) is 27.1. The van der Waals surface area contributed by atoms with E-state index in [2.05, 4.69) is 318 Å². The summed E-state index contributed by atoms with van der Waals surface area (Å²) in [4.78, 5) is 0. The van der Waals surface area contributed by atoms with E-state index in [4.69, 9.17) is 4.11 Å². The smallest absolute Gasteiger partial charge is 0.201 e. The number of aryl methyl sites for hydroxylation is 10. The zero-order valence-corrected chi connectivity index (χ0v) is 59.0. The average Bonchev–Trinajstić information content (AvgIpc) is 0.837. The Kier molecular flexibility index (Phi) is 24.4. The minimum atomic E-state index is -1.31. The van der Waals surface area contributed by atoms with Crippen molar-refractivity contribution >= 4 is 0 Å².